The highest BCUT2D eigenvalue weighted by Gasteiger charge is 2.13. The maximum atomic E-state index is 13.3. The summed E-state index contributed by atoms with van der Waals surface area (Å²) >= 11 is 0. The van der Waals surface area contributed by atoms with Gasteiger partial charge in [-0.2, -0.15) is 0 Å². The number of aliphatic hydroxyl groups excluding tert-OH is 1. The number of hydrogen-bond acceptors (Lipinski definition) is 2. The third kappa shape index (κ3) is 2.59. The number of hydrogen-bond donors (Lipinski definition) is 1. The van der Waals surface area contributed by atoms with Gasteiger partial charge in [0.1, 0.15) is 17.9 Å². The van der Waals surface area contributed by atoms with Gasteiger partial charge >= 0.3 is 0 Å². The van der Waals surface area contributed by atoms with Gasteiger partial charge in [-0.15, -0.1) is 0 Å². The fourth-order valence-electron chi connectivity index (χ4n) is 1.29. The van der Waals surface area contributed by atoms with Crippen LogP contribution < -0.4 is 0 Å². The van der Waals surface area contributed by atoms with Gasteiger partial charge < -0.3 is 9.90 Å². The molecular formula is C11H12F2O2. The Morgan fingerprint density at radius 1 is 1.40 bits per heavy atom. The SMILES string of the molecule is CC(CO)c1cc(F)c(CC=O)c(F)c1. The van der Waals surface area contributed by atoms with Crippen LogP contribution in [0.1, 0.15) is 24.0 Å². The number of aldehydes is 1. The minimum atomic E-state index is -0.739. The summed E-state index contributed by atoms with van der Waals surface area (Å²) in [5.41, 5.74) is 0.168. The number of carbonyl (C=O) groups excluding carboxylic acids is 1. The van der Waals surface area contributed by atoms with Crippen molar-refractivity contribution in [2.45, 2.75) is 19.3 Å². The van der Waals surface area contributed by atoms with Crippen LogP contribution in [0.25, 0.3) is 0 Å². The molecule has 0 bridgehead atoms. The molecule has 0 aliphatic carbocycles. The molecule has 4 heteroatoms. The van der Waals surface area contributed by atoms with Crippen LogP contribution in [0.3, 0.4) is 0 Å². The second kappa shape index (κ2) is 4.98. The van der Waals surface area contributed by atoms with Gasteiger partial charge in [0.15, 0.2) is 0 Å². The zero-order valence-electron chi connectivity index (χ0n) is 8.34. The highest BCUT2D eigenvalue weighted by atomic mass is 19.1. The molecule has 0 aliphatic heterocycles. The predicted molar refractivity (Wildman–Crippen MR) is 51.6 cm³/mol. The van der Waals surface area contributed by atoms with Crippen molar-refractivity contribution in [2.75, 3.05) is 6.61 Å². The Bertz CT molecular complexity index is 341. The average molecular weight is 214 g/mol. The molecule has 0 aliphatic rings. The van der Waals surface area contributed by atoms with Crippen LogP contribution >= 0.6 is 0 Å². The van der Waals surface area contributed by atoms with E-state index in [0.29, 0.717) is 11.8 Å². The van der Waals surface area contributed by atoms with E-state index in [2.05, 4.69) is 0 Å². The van der Waals surface area contributed by atoms with Crippen LogP contribution in [0.15, 0.2) is 12.1 Å². The average Bonchev–Trinajstić information content (AvgIpc) is 2.22. The summed E-state index contributed by atoms with van der Waals surface area (Å²) in [6.07, 6.45) is 0.183. The number of benzene rings is 1. The molecule has 82 valence electrons. The van der Waals surface area contributed by atoms with Crippen LogP contribution in [0.2, 0.25) is 0 Å². The first-order valence-corrected chi connectivity index (χ1v) is 4.62. The maximum absolute atomic E-state index is 13.3. The molecule has 15 heavy (non-hydrogen) atoms. The Kier molecular flexibility index (Phi) is 3.91. The highest BCUT2D eigenvalue weighted by molar-refractivity contribution is 5.55. The zero-order chi connectivity index (χ0) is 11.4. The van der Waals surface area contributed by atoms with Crippen molar-refractivity contribution >= 4 is 6.29 Å². The summed E-state index contributed by atoms with van der Waals surface area (Å²) in [5, 5.41) is 8.84. The molecule has 1 rings (SSSR count). The van der Waals surface area contributed by atoms with Gasteiger partial charge in [0, 0.05) is 24.5 Å². The fraction of sp³-hybridized carbons (Fsp3) is 0.364. The molecule has 1 N–H and O–H groups in total. The first-order chi connectivity index (χ1) is 7.10. The van der Waals surface area contributed by atoms with Crippen LogP contribution in [-0.4, -0.2) is 18.0 Å². The van der Waals surface area contributed by atoms with E-state index >= 15 is 0 Å². The maximum Gasteiger partial charge on any atom is 0.130 e. The van der Waals surface area contributed by atoms with E-state index in [1.165, 1.54) is 0 Å². The van der Waals surface area contributed by atoms with Gasteiger partial charge in [0.05, 0.1) is 0 Å². The molecule has 2 nitrogen and oxygen atoms in total. The Morgan fingerprint density at radius 3 is 2.33 bits per heavy atom. The molecule has 0 saturated carbocycles. The summed E-state index contributed by atoms with van der Waals surface area (Å²) < 4.78 is 26.6. The second-order valence-electron chi connectivity index (χ2n) is 3.42. The second-order valence-corrected chi connectivity index (χ2v) is 3.42. The summed E-state index contributed by atoms with van der Waals surface area (Å²) in [4.78, 5) is 10.2. The summed E-state index contributed by atoms with van der Waals surface area (Å²) in [5.74, 6) is -1.80. The normalized spacial score (nSPS) is 12.5. The van der Waals surface area contributed by atoms with Gasteiger partial charge in [-0.05, 0) is 17.7 Å². The minimum Gasteiger partial charge on any atom is -0.396 e. The smallest absolute Gasteiger partial charge is 0.130 e. The number of rotatable bonds is 4. The van der Waals surface area contributed by atoms with Crippen molar-refractivity contribution in [2.24, 2.45) is 0 Å². The van der Waals surface area contributed by atoms with E-state index in [-0.39, 0.29) is 24.5 Å². The fourth-order valence-corrected chi connectivity index (χ4v) is 1.29. The number of carbonyl (C=O) groups is 1. The largest absolute Gasteiger partial charge is 0.396 e. The molecular weight excluding hydrogens is 202 g/mol. The topological polar surface area (TPSA) is 37.3 Å². The molecule has 0 aromatic heterocycles. The molecule has 0 saturated heterocycles. The Hall–Kier alpha value is -1.29. The molecule has 0 amide bonds. The minimum absolute atomic E-state index is 0.175. The zero-order valence-corrected chi connectivity index (χ0v) is 8.34. The van der Waals surface area contributed by atoms with E-state index in [4.69, 9.17) is 5.11 Å². The lowest BCUT2D eigenvalue weighted by Crippen LogP contribution is -2.04. The van der Waals surface area contributed by atoms with E-state index in [1.54, 1.807) is 6.92 Å². The molecule has 1 unspecified atom stereocenters. The molecule has 0 heterocycles. The van der Waals surface area contributed by atoms with Crippen molar-refractivity contribution < 1.29 is 18.7 Å². The van der Waals surface area contributed by atoms with E-state index < -0.39 is 11.6 Å². The third-order valence-electron chi connectivity index (χ3n) is 2.29. The van der Waals surface area contributed by atoms with Crippen LogP contribution in [0.4, 0.5) is 8.78 Å². The van der Waals surface area contributed by atoms with E-state index in [0.717, 1.165) is 12.1 Å². The van der Waals surface area contributed by atoms with Gasteiger partial charge in [0.2, 0.25) is 0 Å². The van der Waals surface area contributed by atoms with Gasteiger partial charge in [0.25, 0.3) is 0 Å². The van der Waals surface area contributed by atoms with Crippen molar-refractivity contribution in [3.8, 4) is 0 Å². The third-order valence-corrected chi connectivity index (χ3v) is 2.29. The lowest BCUT2D eigenvalue weighted by atomic mass is 9.99. The predicted octanol–water partition coefficient (Wildman–Crippen LogP) is 1.80. The van der Waals surface area contributed by atoms with Crippen molar-refractivity contribution in [1.82, 2.24) is 0 Å². The quantitative estimate of drug-likeness (QED) is 0.776. The van der Waals surface area contributed by atoms with E-state index in [9.17, 15) is 13.6 Å². The monoisotopic (exact) mass is 214 g/mol. The lowest BCUT2D eigenvalue weighted by molar-refractivity contribution is -0.107. The Morgan fingerprint density at radius 2 is 1.93 bits per heavy atom. The molecule has 0 spiro atoms. The van der Waals surface area contributed by atoms with Crippen molar-refractivity contribution in [3.63, 3.8) is 0 Å². The standard InChI is InChI=1S/C11H12F2O2/c1-7(6-15)8-4-10(12)9(2-3-14)11(13)5-8/h3-5,7,15H,2,6H2,1H3. The first kappa shape index (κ1) is 11.8. The summed E-state index contributed by atoms with van der Waals surface area (Å²) in [6, 6.07) is 2.31. The van der Waals surface area contributed by atoms with Crippen LogP contribution in [0, 0.1) is 11.6 Å². The molecule has 1 aromatic rings. The Balaban J connectivity index is 3.12. The van der Waals surface area contributed by atoms with Crippen molar-refractivity contribution in [3.05, 3.63) is 34.9 Å². The number of aliphatic hydroxyl groups is 1. The van der Waals surface area contributed by atoms with Crippen LogP contribution in [0.5, 0.6) is 0 Å². The van der Waals surface area contributed by atoms with E-state index in [1.807, 2.05) is 0 Å². The van der Waals surface area contributed by atoms with Gasteiger partial charge in [-0.1, -0.05) is 6.92 Å². The molecule has 0 fully saturated rings. The van der Waals surface area contributed by atoms with Gasteiger partial charge in [-0.25, -0.2) is 8.78 Å². The summed E-state index contributed by atoms with van der Waals surface area (Å²) in [6.45, 7) is 1.49. The van der Waals surface area contributed by atoms with Gasteiger partial charge in [-0.3, -0.25) is 0 Å². The first-order valence-electron chi connectivity index (χ1n) is 4.62. The number of halogens is 2. The van der Waals surface area contributed by atoms with Crippen LogP contribution in [-0.2, 0) is 11.2 Å². The summed E-state index contributed by atoms with van der Waals surface area (Å²) in [7, 11) is 0. The lowest BCUT2D eigenvalue weighted by Gasteiger charge is -2.10. The molecule has 0 radical (unpaired) electrons. The Labute approximate surface area is 86.5 Å². The molecule has 1 atom stereocenters. The molecule has 1 aromatic carbocycles. The van der Waals surface area contributed by atoms with Crippen molar-refractivity contribution in [1.29, 1.82) is 0 Å². The highest BCUT2D eigenvalue weighted by Crippen LogP contribution is 2.21.